The van der Waals surface area contributed by atoms with Crippen LogP contribution in [0.3, 0.4) is 0 Å². The Balaban J connectivity index is 2.15. The molecule has 1 aliphatic rings. The molecule has 2 N–H and O–H groups in total. The summed E-state index contributed by atoms with van der Waals surface area (Å²) in [5.74, 6) is 1.07. The Morgan fingerprint density at radius 2 is 2.00 bits per heavy atom. The van der Waals surface area contributed by atoms with E-state index >= 15 is 0 Å². The van der Waals surface area contributed by atoms with Crippen molar-refractivity contribution in [3.63, 3.8) is 0 Å². The third-order valence-corrected chi connectivity index (χ3v) is 3.58. The fourth-order valence-electron chi connectivity index (χ4n) is 2.31. The number of pyridine rings is 1. The van der Waals surface area contributed by atoms with Gasteiger partial charge >= 0.3 is 5.69 Å². The molecule has 1 aromatic heterocycles. The normalized spacial score (nSPS) is 14.0. The number of nitrogen functional groups attached to an aromatic ring is 1. The first-order valence-corrected chi connectivity index (χ1v) is 6.69. The summed E-state index contributed by atoms with van der Waals surface area (Å²) in [6.45, 7) is 0. The van der Waals surface area contributed by atoms with Crippen molar-refractivity contribution >= 4 is 11.4 Å². The van der Waals surface area contributed by atoms with Gasteiger partial charge in [-0.25, -0.2) is 4.98 Å². The minimum Gasteiger partial charge on any atom is -0.497 e. The predicted molar refractivity (Wildman–Crippen MR) is 79.3 cm³/mol. The number of hydrogen-bond acceptors (Lipinski definition) is 5. The maximum atomic E-state index is 11.3. The highest BCUT2D eigenvalue weighted by Gasteiger charge is 2.30. The highest BCUT2D eigenvalue weighted by atomic mass is 16.6. The zero-order chi connectivity index (χ0) is 15.0. The first-order valence-electron chi connectivity index (χ1n) is 6.69. The molecule has 0 aliphatic heterocycles. The SMILES string of the molecule is COc1ccc(-c2nc(C3CC3)cc(N)c2[N+](=O)[O-])cc1. The number of anilines is 1. The lowest BCUT2D eigenvalue weighted by atomic mass is 10.1. The van der Waals surface area contributed by atoms with E-state index in [4.69, 9.17) is 10.5 Å². The topological polar surface area (TPSA) is 91.3 Å². The van der Waals surface area contributed by atoms with Gasteiger partial charge in [0.15, 0.2) is 5.69 Å². The van der Waals surface area contributed by atoms with Crippen LogP contribution in [0.25, 0.3) is 11.3 Å². The van der Waals surface area contributed by atoms with Crippen LogP contribution in [0.4, 0.5) is 11.4 Å². The van der Waals surface area contributed by atoms with Crippen LogP contribution in [0.5, 0.6) is 5.75 Å². The molecule has 0 spiro atoms. The third kappa shape index (κ3) is 2.52. The first kappa shape index (κ1) is 13.4. The molecule has 3 rings (SSSR count). The number of rotatable bonds is 4. The molecule has 0 radical (unpaired) electrons. The molecule has 1 saturated carbocycles. The molecule has 0 atom stereocenters. The molecule has 1 aromatic carbocycles. The number of hydrogen-bond donors (Lipinski definition) is 1. The monoisotopic (exact) mass is 285 g/mol. The molecule has 6 heteroatoms. The molecule has 6 nitrogen and oxygen atoms in total. The van der Waals surface area contributed by atoms with E-state index in [0.29, 0.717) is 22.9 Å². The zero-order valence-electron chi connectivity index (χ0n) is 11.6. The predicted octanol–water partition coefficient (Wildman–Crippen LogP) is 3.13. The Labute approximate surface area is 121 Å². The van der Waals surface area contributed by atoms with Gasteiger partial charge in [-0.1, -0.05) is 0 Å². The van der Waals surface area contributed by atoms with E-state index in [1.807, 2.05) is 0 Å². The Hall–Kier alpha value is -2.63. The Bertz CT molecular complexity index is 694. The lowest BCUT2D eigenvalue weighted by molar-refractivity contribution is -0.383. The average Bonchev–Trinajstić information content (AvgIpc) is 3.30. The van der Waals surface area contributed by atoms with Gasteiger partial charge in [0.1, 0.15) is 11.4 Å². The Kier molecular flexibility index (Phi) is 3.21. The molecule has 108 valence electrons. The molecular weight excluding hydrogens is 270 g/mol. The quantitative estimate of drug-likeness (QED) is 0.688. The summed E-state index contributed by atoms with van der Waals surface area (Å²) in [7, 11) is 1.57. The van der Waals surface area contributed by atoms with Crippen molar-refractivity contribution in [3.05, 3.63) is 46.1 Å². The molecule has 1 aliphatic carbocycles. The zero-order valence-corrected chi connectivity index (χ0v) is 11.6. The van der Waals surface area contributed by atoms with Gasteiger partial charge < -0.3 is 10.5 Å². The number of nitrogens with zero attached hydrogens (tertiary/aromatic N) is 2. The van der Waals surface area contributed by atoms with Crippen LogP contribution in [0.15, 0.2) is 30.3 Å². The summed E-state index contributed by atoms with van der Waals surface area (Å²) in [6.07, 6.45) is 2.12. The molecule has 0 unspecified atom stereocenters. The summed E-state index contributed by atoms with van der Waals surface area (Å²) >= 11 is 0. The number of nitrogens with two attached hydrogens (primary N) is 1. The van der Waals surface area contributed by atoms with Crippen molar-refractivity contribution < 1.29 is 9.66 Å². The van der Waals surface area contributed by atoms with Crippen molar-refractivity contribution in [1.29, 1.82) is 0 Å². The first-order chi connectivity index (χ1) is 10.1. The Morgan fingerprint density at radius 1 is 1.33 bits per heavy atom. The number of methoxy groups -OCH3 is 1. The van der Waals surface area contributed by atoms with Crippen LogP contribution in [-0.4, -0.2) is 17.0 Å². The van der Waals surface area contributed by atoms with Gasteiger partial charge in [-0.3, -0.25) is 10.1 Å². The lowest BCUT2D eigenvalue weighted by Gasteiger charge is -2.08. The van der Waals surface area contributed by atoms with E-state index in [2.05, 4.69) is 4.98 Å². The number of benzene rings is 1. The third-order valence-electron chi connectivity index (χ3n) is 3.58. The number of aromatic nitrogens is 1. The number of nitro groups is 1. The van der Waals surface area contributed by atoms with Gasteiger partial charge in [-0.2, -0.15) is 0 Å². The fourth-order valence-corrected chi connectivity index (χ4v) is 2.31. The van der Waals surface area contributed by atoms with Gasteiger partial charge in [0, 0.05) is 17.2 Å². The largest absolute Gasteiger partial charge is 0.497 e. The second-order valence-electron chi connectivity index (χ2n) is 5.09. The van der Waals surface area contributed by atoms with E-state index in [9.17, 15) is 10.1 Å². The van der Waals surface area contributed by atoms with Gasteiger partial charge in [-0.05, 0) is 43.2 Å². The van der Waals surface area contributed by atoms with E-state index < -0.39 is 4.92 Å². The number of ether oxygens (including phenoxy) is 1. The lowest BCUT2D eigenvalue weighted by Crippen LogP contribution is -2.03. The van der Waals surface area contributed by atoms with Crippen LogP contribution >= 0.6 is 0 Å². The van der Waals surface area contributed by atoms with Crippen molar-refractivity contribution in [2.24, 2.45) is 0 Å². The van der Waals surface area contributed by atoms with Gasteiger partial charge in [0.05, 0.1) is 12.0 Å². The fraction of sp³-hybridized carbons (Fsp3) is 0.267. The minimum absolute atomic E-state index is 0.135. The van der Waals surface area contributed by atoms with E-state index in [1.54, 1.807) is 37.4 Å². The van der Waals surface area contributed by atoms with Crippen molar-refractivity contribution in [1.82, 2.24) is 4.98 Å². The summed E-state index contributed by atoms with van der Waals surface area (Å²) in [4.78, 5) is 15.3. The van der Waals surface area contributed by atoms with Crippen LogP contribution in [-0.2, 0) is 0 Å². The molecule has 0 bridgehead atoms. The van der Waals surface area contributed by atoms with Crippen LogP contribution < -0.4 is 10.5 Å². The molecule has 0 amide bonds. The average molecular weight is 285 g/mol. The van der Waals surface area contributed by atoms with E-state index in [1.165, 1.54) is 0 Å². The van der Waals surface area contributed by atoms with E-state index in [-0.39, 0.29) is 11.4 Å². The molecule has 1 heterocycles. The van der Waals surface area contributed by atoms with Gasteiger partial charge in [0.2, 0.25) is 0 Å². The molecular formula is C15H15N3O3. The van der Waals surface area contributed by atoms with E-state index in [0.717, 1.165) is 18.5 Å². The van der Waals surface area contributed by atoms with Crippen molar-refractivity contribution in [2.75, 3.05) is 12.8 Å². The molecule has 21 heavy (non-hydrogen) atoms. The van der Waals surface area contributed by atoms with Crippen molar-refractivity contribution in [3.8, 4) is 17.0 Å². The van der Waals surface area contributed by atoms with Crippen LogP contribution in [0, 0.1) is 10.1 Å². The van der Waals surface area contributed by atoms with Crippen LogP contribution in [0.2, 0.25) is 0 Å². The maximum absolute atomic E-state index is 11.3. The highest BCUT2D eigenvalue weighted by Crippen LogP contribution is 2.43. The second kappa shape index (κ2) is 5.05. The molecule has 0 saturated heterocycles. The van der Waals surface area contributed by atoms with Crippen LogP contribution in [0.1, 0.15) is 24.5 Å². The highest BCUT2D eigenvalue weighted by molar-refractivity contribution is 5.78. The maximum Gasteiger partial charge on any atom is 0.318 e. The summed E-state index contributed by atoms with van der Waals surface area (Å²) in [5, 5.41) is 11.3. The Morgan fingerprint density at radius 3 is 2.52 bits per heavy atom. The smallest absolute Gasteiger partial charge is 0.318 e. The summed E-state index contributed by atoms with van der Waals surface area (Å²) in [5.41, 5.74) is 7.73. The summed E-state index contributed by atoms with van der Waals surface area (Å²) in [6, 6.07) is 8.64. The standard InChI is InChI=1S/C15H15N3O3/c1-21-11-6-4-10(5-7-11)14-15(18(19)20)12(16)8-13(17-14)9-2-3-9/h4-9H,2-3H2,1H3,(H2,16,17). The van der Waals surface area contributed by atoms with Gasteiger partial charge in [-0.15, -0.1) is 0 Å². The van der Waals surface area contributed by atoms with Crippen molar-refractivity contribution in [2.45, 2.75) is 18.8 Å². The second-order valence-corrected chi connectivity index (χ2v) is 5.09. The molecule has 2 aromatic rings. The minimum atomic E-state index is -0.474. The molecule has 1 fully saturated rings. The summed E-state index contributed by atoms with van der Waals surface area (Å²) < 4.78 is 5.10. The van der Waals surface area contributed by atoms with Gasteiger partial charge in [0.25, 0.3) is 0 Å².